The van der Waals surface area contributed by atoms with Gasteiger partial charge >= 0.3 is 0 Å². The van der Waals surface area contributed by atoms with Gasteiger partial charge in [-0.1, -0.05) is 19.1 Å². The van der Waals surface area contributed by atoms with Crippen LogP contribution in [-0.4, -0.2) is 62.2 Å². The van der Waals surface area contributed by atoms with Crippen LogP contribution in [0.1, 0.15) is 18.9 Å². The number of rotatable bonds is 8. The number of piperazine rings is 1. The Morgan fingerprint density at radius 1 is 1.00 bits per heavy atom. The standard InChI is InChI=1S/C17H29N3O/c1-2-9-19-10-12-20(13-11-19)14-15-21-17-5-3-16(4-6-17)7-8-18/h3-6H,2,7-15,18H2,1H3. The van der Waals surface area contributed by atoms with Crippen molar-refractivity contribution in [2.24, 2.45) is 5.73 Å². The van der Waals surface area contributed by atoms with E-state index in [1.165, 1.54) is 44.7 Å². The first-order valence-electron chi connectivity index (χ1n) is 8.18. The summed E-state index contributed by atoms with van der Waals surface area (Å²) >= 11 is 0. The molecule has 1 aromatic carbocycles. The van der Waals surface area contributed by atoms with Crippen LogP contribution < -0.4 is 10.5 Å². The molecule has 1 aromatic rings. The molecule has 0 radical (unpaired) electrons. The highest BCUT2D eigenvalue weighted by molar-refractivity contribution is 5.27. The first-order valence-corrected chi connectivity index (χ1v) is 8.18. The Labute approximate surface area is 128 Å². The lowest BCUT2D eigenvalue weighted by Gasteiger charge is -2.34. The van der Waals surface area contributed by atoms with Crippen molar-refractivity contribution in [2.75, 3.05) is 52.4 Å². The molecule has 21 heavy (non-hydrogen) atoms. The third kappa shape index (κ3) is 5.65. The lowest BCUT2D eigenvalue weighted by Crippen LogP contribution is -2.47. The SMILES string of the molecule is CCCN1CCN(CCOc2ccc(CCN)cc2)CC1. The Morgan fingerprint density at radius 2 is 1.62 bits per heavy atom. The molecule has 118 valence electrons. The molecule has 4 heteroatoms. The molecule has 1 aliphatic rings. The summed E-state index contributed by atoms with van der Waals surface area (Å²) in [6.45, 7) is 10.7. The van der Waals surface area contributed by atoms with E-state index in [0.29, 0.717) is 6.54 Å². The second-order valence-corrected chi connectivity index (χ2v) is 5.71. The Bertz CT molecular complexity index is 386. The molecule has 0 atom stereocenters. The van der Waals surface area contributed by atoms with Gasteiger partial charge in [0.1, 0.15) is 12.4 Å². The number of nitrogens with two attached hydrogens (primary N) is 1. The fraction of sp³-hybridized carbons (Fsp3) is 0.647. The molecule has 0 unspecified atom stereocenters. The van der Waals surface area contributed by atoms with Gasteiger partial charge < -0.3 is 15.4 Å². The van der Waals surface area contributed by atoms with Crippen LogP contribution in [0.25, 0.3) is 0 Å². The summed E-state index contributed by atoms with van der Waals surface area (Å²) < 4.78 is 5.83. The van der Waals surface area contributed by atoms with Gasteiger partial charge in [-0.15, -0.1) is 0 Å². The lowest BCUT2D eigenvalue weighted by atomic mass is 10.1. The predicted octanol–water partition coefficient (Wildman–Crippen LogP) is 1.59. The van der Waals surface area contributed by atoms with Crippen molar-refractivity contribution in [3.05, 3.63) is 29.8 Å². The Kier molecular flexibility index (Phi) is 7.00. The summed E-state index contributed by atoms with van der Waals surface area (Å²) in [6.07, 6.45) is 2.19. The summed E-state index contributed by atoms with van der Waals surface area (Å²) in [4.78, 5) is 5.04. The second kappa shape index (κ2) is 9.03. The molecule has 1 fully saturated rings. The van der Waals surface area contributed by atoms with Gasteiger partial charge in [0.05, 0.1) is 0 Å². The van der Waals surface area contributed by atoms with Gasteiger partial charge in [-0.3, -0.25) is 4.90 Å². The van der Waals surface area contributed by atoms with Gasteiger partial charge in [-0.2, -0.15) is 0 Å². The van der Waals surface area contributed by atoms with Gasteiger partial charge in [0.2, 0.25) is 0 Å². The van der Waals surface area contributed by atoms with E-state index in [0.717, 1.165) is 25.3 Å². The lowest BCUT2D eigenvalue weighted by molar-refractivity contribution is 0.117. The summed E-state index contributed by atoms with van der Waals surface area (Å²) in [5.41, 5.74) is 6.82. The Balaban J connectivity index is 1.63. The van der Waals surface area contributed by atoms with E-state index in [1.807, 2.05) is 12.1 Å². The molecule has 0 aliphatic carbocycles. The highest BCUT2D eigenvalue weighted by Crippen LogP contribution is 2.12. The van der Waals surface area contributed by atoms with Crippen LogP contribution >= 0.6 is 0 Å². The Morgan fingerprint density at radius 3 is 2.19 bits per heavy atom. The molecule has 0 spiro atoms. The minimum Gasteiger partial charge on any atom is -0.492 e. The van der Waals surface area contributed by atoms with Crippen LogP contribution in [0.2, 0.25) is 0 Å². The molecule has 0 bridgehead atoms. The van der Waals surface area contributed by atoms with Crippen LogP contribution in [0.3, 0.4) is 0 Å². The number of ether oxygens (including phenoxy) is 1. The average Bonchev–Trinajstić information content (AvgIpc) is 2.51. The van der Waals surface area contributed by atoms with Crippen molar-refractivity contribution in [3.8, 4) is 5.75 Å². The van der Waals surface area contributed by atoms with Crippen LogP contribution in [0, 0.1) is 0 Å². The average molecular weight is 291 g/mol. The molecule has 1 aliphatic heterocycles. The maximum absolute atomic E-state index is 5.83. The van der Waals surface area contributed by atoms with Crippen LogP contribution in [0.4, 0.5) is 0 Å². The molecule has 0 saturated carbocycles. The maximum Gasteiger partial charge on any atom is 0.119 e. The van der Waals surface area contributed by atoms with Crippen molar-refractivity contribution in [3.63, 3.8) is 0 Å². The monoisotopic (exact) mass is 291 g/mol. The summed E-state index contributed by atoms with van der Waals surface area (Å²) in [5, 5.41) is 0. The van der Waals surface area contributed by atoms with Crippen molar-refractivity contribution >= 4 is 0 Å². The molecule has 2 rings (SSSR count). The molecule has 2 N–H and O–H groups in total. The fourth-order valence-corrected chi connectivity index (χ4v) is 2.76. The predicted molar refractivity (Wildman–Crippen MR) is 87.9 cm³/mol. The first-order chi connectivity index (χ1) is 10.3. The summed E-state index contributed by atoms with van der Waals surface area (Å²) in [6, 6.07) is 8.30. The minimum atomic E-state index is 0.699. The van der Waals surface area contributed by atoms with Crippen molar-refractivity contribution in [1.29, 1.82) is 0 Å². The zero-order valence-electron chi connectivity index (χ0n) is 13.3. The largest absolute Gasteiger partial charge is 0.492 e. The third-order valence-electron chi connectivity index (χ3n) is 4.04. The van der Waals surface area contributed by atoms with Crippen LogP contribution in [-0.2, 0) is 6.42 Å². The quantitative estimate of drug-likeness (QED) is 0.790. The zero-order valence-corrected chi connectivity index (χ0v) is 13.3. The maximum atomic E-state index is 5.83. The van der Waals surface area contributed by atoms with Crippen LogP contribution in [0.5, 0.6) is 5.75 Å². The van der Waals surface area contributed by atoms with Gasteiger partial charge in [-0.05, 0) is 43.6 Å². The van der Waals surface area contributed by atoms with E-state index in [-0.39, 0.29) is 0 Å². The summed E-state index contributed by atoms with van der Waals surface area (Å²) in [5.74, 6) is 0.959. The second-order valence-electron chi connectivity index (χ2n) is 5.71. The van der Waals surface area contributed by atoms with E-state index in [2.05, 4.69) is 28.9 Å². The number of hydrogen-bond acceptors (Lipinski definition) is 4. The van der Waals surface area contributed by atoms with E-state index >= 15 is 0 Å². The van der Waals surface area contributed by atoms with Crippen LogP contribution in [0.15, 0.2) is 24.3 Å². The molecular formula is C17H29N3O. The third-order valence-corrected chi connectivity index (χ3v) is 4.04. The van der Waals surface area contributed by atoms with Gasteiger partial charge in [-0.25, -0.2) is 0 Å². The van der Waals surface area contributed by atoms with Crippen molar-refractivity contribution in [2.45, 2.75) is 19.8 Å². The number of hydrogen-bond donors (Lipinski definition) is 1. The van der Waals surface area contributed by atoms with Crippen molar-refractivity contribution in [1.82, 2.24) is 9.80 Å². The van der Waals surface area contributed by atoms with Crippen molar-refractivity contribution < 1.29 is 4.74 Å². The van der Waals surface area contributed by atoms with E-state index in [1.54, 1.807) is 0 Å². The number of benzene rings is 1. The zero-order chi connectivity index (χ0) is 14.9. The number of nitrogens with zero attached hydrogens (tertiary/aromatic N) is 2. The molecule has 1 heterocycles. The Hall–Kier alpha value is -1.10. The van der Waals surface area contributed by atoms with E-state index in [9.17, 15) is 0 Å². The highest BCUT2D eigenvalue weighted by atomic mass is 16.5. The van der Waals surface area contributed by atoms with E-state index < -0.39 is 0 Å². The molecular weight excluding hydrogens is 262 g/mol. The molecule has 4 nitrogen and oxygen atoms in total. The molecule has 0 aromatic heterocycles. The van der Waals surface area contributed by atoms with E-state index in [4.69, 9.17) is 10.5 Å². The molecule has 0 amide bonds. The van der Waals surface area contributed by atoms with Gasteiger partial charge in [0.15, 0.2) is 0 Å². The topological polar surface area (TPSA) is 41.7 Å². The highest BCUT2D eigenvalue weighted by Gasteiger charge is 2.15. The minimum absolute atomic E-state index is 0.699. The van der Waals surface area contributed by atoms with Gasteiger partial charge in [0.25, 0.3) is 0 Å². The normalized spacial score (nSPS) is 17.0. The first kappa shape index (κ1) is 16.3. The summed E-state index contributed by atoms with van der Waals surface area (Å²) in [7, 11) is 0. The fourth-order valence-electron chi connectivity index (χ4n) is 2.76. The van der Waals surface area contributed by atoms with Gasteiger partial charge in [0, 0.05) is 32.7 Å². The molecule has 1 saturated heterocycles. The smallest absolute Gasteiger partial charge is 0.119 e.